The number of aliphatic hydroxyl groups is 1. The summed E-state index contributed by atoms with van der Waals surface area (Å²) in [5.74, 6) is -0.0535. The second-order valence-corrected chi connectivity index (χ2v) is 7.04. The van der Waals surface area contributed by atoms with Gasteiger partial charge in [0.05, 0.1) is 25.7 Å². The highest BCUT2D eigenvalue weighted by molar-refractivity contribution is 5.79. The zero-order valence-corrected chi connectivity index (χ0v) is 16.7. The van der Waals surface area contributed by atoms with Crippen LogP contribution in [0.2, 0.25) is 0 Å². The standard InChI is InChI=1S/C25H27NO3/c1-19-7-11-23(12-8-19)24(29-16-15-27)18-26-25(28)17-20-9-13-22(14-10-20)21-5-3-2-4-6-21/h2-14,24,27H,15-18H2,1H3,(H,26,28). The molecule has 150 valence electrons. The Kier molecular flexibility index (Phi) is 7.56. The summed E-state index contributed by atoms with van der Waals surface area (Å²) in [5.41, 5.74) is 5.40. The van der Waals surface area contributed by atoms with E-state index in [1.54, 1.807) is 0 Å². The van der Waals surface area contributed by atoms with E-state index >= 15 is 0 Å². The van der Waals surface area contributed by atoms with Gasteiger partial charge in [-0.05, 0) is 29.2 Å². The Morgan fingerprint density at radius 2 is 1.59 bits per heavy atom. The number of carbonyl (C=O) groups excluding carboxylic acids is 1. The van der Waals surface area contributed by atoms with E-state index in [2.05, 4.69) is 17.4 Å². The Morgan fingerprint density at radius 1 is 0.931 bits per heavy atom. The van der Waals surface area contributed by atoms with Crippen molar-refractivity contribution < 1.29 is 14.6 Å². The number of nitrogens with one attached hydrogen (secondary N) is 1. The number of benzene rings is 3. The van der Waals surface area contributed by atoms with Gasteiger partial charge in [0.15, 0.2) is 0 Å². The summed E-state index contributed by atoms with van der Waals surface area (Å²) >= 11 is 0. The highest BCUT2D eigenvalue weighted by Crippen LogP contribution is 2.20. The average Bonchev–Trinajstić information content (AvgIpc) is 2.76. The molecule has 3 aromatic rings. The SMILES string of the molecule is Cc1ccc(C(CNC(=O)Cc2ccc(-c3ccccc3)cc2)OCCO)cc1. The van der Waals surface area contributed by atoms with Crippen LogP contribution in [0.15, 0.2) is 78.9 Å². The van der Waals surface area contributed by atoms with Crippen LogP contribution in [0.5, 0.6) is 0 Å². The first-order valence-corrected chi connectivity index (χ1v) is 9.86. The molecule has 4 heteroatoms. The van der Waals surface area contributed by atoms with Gasteiger partial charge in [0.2, 0.25) is 5.91 Å². The van der Waals surface area contributed by atoms with Gasteiger partial charge in [-0.15, -0.1) is 0 Å². The molecule has 2 N–H and O–H groups in total. The van der Waals surface area contributed by atoms with Gasteiger partial charge in [0.1, 0.15) is 0 Å². The first-order valence-electron chi connectivity index (χ1n) is 9.86. The lowest BCUT2D eigenvalue weighted by Crippen LogP contribution is -2.31. The maximum atomic E-state index is 12.4. The van der Waals surface area contributed by atoms with Crippen LogP contribution in [-0.4, -0.2) is 30.8 Å². The monoisotopic (exact) mass is 389 g/mol. The third kappa shape index (κ3) is 6.28. The summed E-state index contributed by atoms with van der Waals surface area (Å²) < 4.78 is 5.72. The fraction of sp³-hybridized carbons (Fsp3) is 0.240. The van der Waals surface area contributed by atoms with Gasteiger partial charge in [-0.25, -0.2) is 0 Å². The number of aryl methyl sites for hydroxylation is 1. The van der Waals surface area contributed by atoms with Gasteiger partial charge in [-0.1, -0.05) is 84.4 Å². The molecule has 0 radical (unpaired) electrons. The van der Waals surface area contributed by atoms with Gasteiger partial charge < -0.3 is 15.2 Å². The Labute approximate surface area is 172 Å². The molecule has 0 aromatic heterocycles. The van der Waals surface area contributed by atoms with Crippen LogP contribution in [0.3, 0.4) is 0 Å². The summed E-state index contributed by atoms with van der Waals surface area (Å²) in [6, 6.07) is 26.2. The van der Waals surface area contributed by atoms with E-state index < -0.39 is 0 Å². The van der Waals surface area contributed by atoms with Crippen molar-refractivity contribution in [3.63, 3.8) is 0 Å². The van der Waals surface area contributed by atoms with Crippen molar-refractivity contribution in [2.24, 2.45) is 0 Å². The lowest BCUT2D eigenvalue weighted by Gasteiger charge is -2.19. The molecule has 1 unspecified atom stereocenters. The molecule has 0 fully saturated rings. The van der Waals surface area contributed by atoms with Crippen molar-refractivity contribution in [3.05, 3.63) is 95.6 Å². The van der Waals surface area contributed by atoms with E-state index in [4.69, 9.17) is 9.84 Å². The Morgan fingerprint density at radius 3 is 2.24 bits per heavy atom. The van der Waals surface area contributed by atoms with Crippen molar-refractivity contribution >= 4 is 5.91 Å². The van der Waals surface area contributed by atoms with Crippen LogP contribution < -0.4 is 5.32 Å². The first-order chi connectivity index (χ1) is 14.2. The minimum atomic E-state index is -0.285. The topological polar surface area (TPSA) is 58.6 Å². The van der Waals surface area contributed by atoms with Gasteiger partial charge in [0, 0.05) is 6.54 Å². The Hall–Kier alpha value is -2.95. The number of hydrogen-bond donors (Lipinski definition) is 2. The summed E-state index contributed by atoms with van der Waals surface area (Å²) in [7, 11) is 0. The molecule has 0 saturated carbocycles. The predicted molar refractivity (Wildman–Crippen MR) is 116 cm³/mol. The van der Waals surface area contributed by atoms with E-state index in [1.807, 2.05) is 73.7 Å². The fourth-order valence-electron chi connectivity index (χ4n) is 3.15. The fourth-order valence-corrected chi connectivity index (χ4v) is 3.15. The molecule has 4 nitrogen and oxygen atoms in total. The van der Waals surface area contributed by atoms with E-state index in [1.165, 1.54) is 0 Å². The highest BCUT2D eigenvalue weighted by Gasteiger charge is 2.14. The molecular weight excluding hydrogens is 362 g/mol. The van der Waals surface area contributed by atoms with Crippen LogP contribution in [-0.2, 0) is 16.0 Å². The first kappa shape index (κ1) is 20.8. The van der Waals surface area contributed by atoms with Crippen LogP contribution in [0.4, 0.5) is 0 Å². The van der Waals surface area contributed by atoms with Crippen LogP contribution in [0.25, 0.3) is 11.1 Å². The molecular formula is C25H27NO3. The van der Waals surface area contributed by atoms with Crippen molar-refractivity contribution in [2.75, 3.05) is 19.8 Å². The molecule has 0 spiro atoms. The second kappa shape index (κ2) is 10.6. The average molecular weight is 389 g/mol. The quantitative estimate of drug-likeness (QED) is 0.580. The molecule has 0 heterocycles. The molecule has 0 aliphatic heterocycles. The van der Waals surface area contributed by atoms with Crippen LogP contribution in [0.1, 0.15) is 22.8 Å². The minimum Gasteiger partial charge on any atom is -0.394 e. The summed E-state index contributed by atoms with van der Waals surface area (Å²) in [6.45, 7) is 2.57. The smallest absolute Gasteiger partial charge is 0.224 e. The number of amides is 1. The number of ether oxygens (including phenoxy) is 1. The molecule has 0 bridgehead atoms. The Bertz CT molecular complexity index is 890. The minimum absolute atomic E-state index is 0.0515. The molecule has 3 aromatic carbocycles. The lowest BCUT2D eigenvalue weighted by atomic mass is 10.0. The summed E-state index contributed by atoms with van der Waals surface area (Å²) in [4.78, 5) is 12.4. The molecule has 1 amide bonds. The number of rotatable bonds is 9. The largest absolute Gasteiger partial charge is 0.394 e. The van der Waals surface area contributed by atoms with Crippen LogP contribution in [0, 0.1) is 6.92 Å². The number of carbonyl (C=O) groups is 1. The van der Waals surface area contributed by atoms with Gasteiger partial charge in [-0.2, -0.15) is 0 Å². The molecule has 1 atom stereocenters. The van der Waals surface area contributed by atoms with Crippen molar-refractivity contribution in [2.45, 2.75) is 19.4 Å². The number of hydrogen-bond acceptors (Lipinski definition) is 3. The third-order valence-corrected chi connectivity index (χ3v) is 4.77. The molecule has 3 rings (SSSR count). The summed E-state index contributed by atoms with van der Waals surface area (Å²) in [5, 5.41) is 12.0. The zero-order valence-electron chi connectivity index (χ0n) is 16.7. The molecule has 29 heavy (non-hydrogen) atoms. The Balaban J connectivity index is 1.56. The maximum Gasteiger partial charge on any atom is 0.224 e. The molecule has 0 aliphatic rings. The predicted octanol–water partition coefficient (Wildman–Crippen LogP) is 4.07. The van der Waals surface area contributed by atoms with Gasteiger partial charge >= 0.3 is 0 Å². The zero-order chi connectivity index (χ0) is 20.5. The van der Waals surface area contributed by atoms with Gasteiger partial charge in [0.25, 0.3) is 0 Å². The highest BCUT2D eigenvalue weighted by atomic mass is 16.5. The molecule has 0 aliphatic carbocycles. The maximum absolute atomic E-state index is 12.4. The van der Waals surface area contributed by atoms with E-state index in [-0.39, 0.29) is 25.2 Å². The third-order valence-electron chi connectivity index (χ3n) is 4.77. The van der Waals surface area contributed by atoms with E-state index in [0.29, 0.717) is 13.0 Å². The molecule has 0 saturated heterocycles. The van der Waals surface area contributed by atoms with Crippen molar-refractivity contribution in [1.29, 1.82) is 0 Å². The van der Waals surface area contributed by atoms with E-state index in [9.17, 15) is 4.79 Å². The van der Waals surface area contributed by atoms with Crippen LogP contribution >= 0.6 is 0 Å². The van der Waals surface area contributed by atoms with Crippen molar-refractivity contribution in [3.8, 4) is 11.1 Å². The van der Waals surface area contributed by atoms with Crippen molar-refractivity contribution in [1.82, 2.24) is 5.32 Å². The second-order valence-electron chi connectivity index (χ2n) is 7.04. The number of aliphatic hydroxyl groups excluding tert-OH is 1. The summed E-state index contributed by atoms with van der Waals surface area (Å²) in [6.07, 6.45) is 0.0301. The normalized spacial score (nSPS) is 11.8. The van der Waals surface area contributed by atoms with Gasteiger partial charge in [-0.3, -0.25) is 4.79 Å². The lowest BCUT2D eigenvalue weighted by molar-refractivity contribution is -0.121. The van der Waals surface area contributed by atoms with E-state index in [0.717, 1.165) is 27.8 Å².